The Morgan fingerprint density at radius 1 is 1.69 bits per heavy atom. The predicted octanol–water partition coefficient (Wildman–Crippen LogP) is 1.04. The average molecular weight is 198 g/mol. The summed E-state index contributed by atoms with van der Waals surface area (Å²) in [6, 6.07) is 1.09. The van der Waals surface area contributed by atoms with Gasteiger partial charge in [0.2, 0.25) is 5.88 Å². The first-order valence-electron chi connectivity index (χ1n) is 4.17. The Morgan fingerprint density at radius 3 is 3.15 bits per heavy atom. The van der Waals surface area contributed by atoms with Gasteiger partial charge < -0.3 is 10.1 Å². The normalized spacial score (nSPS) is 22.0. The van der Waals surface area contributed by atoms with E-state index in [2.05, 4.69) is 9.97 Å². The Hall–Kier alpha value is -0.970. The van der Waals surface area contributed by atoms with Crippen molar-refractivity contribution in [3.63, 3.8) is 0 Å². The second-order valence-corrected chi connectivity index (χ2v) is 4.30. The van der Waals surface area contributed by atoms with Crippen molar-refractivity contribution < 1.29 is 5.11 Å². The summed E-state index contributed by atoms with van der Waals surface area (Å²) in [5, 5.41) is 9.36. The third-order valence-corrected chi connectivity index (χ3v) is 3.37. The third-order valence-electron chi connectivity index (χ3n) is 1.98. The van der Waals surface area contributed by atoms with E-state index in [4.69, 9.17) is 5.11 Å². The molecule has 0 saturated carbocycles. The Kier molecular flexibility index (Phi) is 2.26. The minimum atomic E-state index is -0.282. The average Bonchev–Trinajstić information content (AvgIpc) is 2.53. The van der Waals surface area contributed by atoms with Crippen LogP contribution >= 0.6 is 11.8 Å². The van der Waals surface area contributed by atoms with Gasteiger partial charge in [0.15, 0.2) is 0 Å². The van der Waals surface area contributed by atoms with Crippen LogP contribution in [0.1, 0.15) is 23.9 Å². The van der Waals surface area contributed by atoms with Crippen LogP contribution in [0.15, 0.2) is 10.9 Å². The minimum Gasteiger partial charge on any atom is -0.493 e. The van der Waals surface area contributed by atoms with E-state index in [9.17, 15) is 4.79 Å². The lowest BCUT2D eigenvalue weighted by molar-refractivity contribution is 0.447. The first-order chi connectivity index (χ1) is 6.25. The van der Waals surface area contributed by atoms with Gasteiger partial charge in [-0.1, -0.05) is 0 Å². The second kappa shape index (κ2) is 3.41. The van der Waals surface area contributed by atoms with E-state index in [0.29, 0.717) is 5.82 Å². The van der Waals surface area contributed by atoms with Gasteiger partial charge in [0, 0.05) is 0 Å². The molecule has 0 amide bonds. The zero-order valence-corrected chi connectivity index (χ0v) is 7.80. The molecule has 0 spiro atoms. The van der Waals surface area contributed by atoms with E-state index < -0.39 is 0 Å². The molecule has 1 aromatic heterocycles. The molecule has 2 N–H and O–H groups in total. The van der Waals surface area contributed by atoms with Crippen molar-refractivity contribution in [2.75, 3.05) is 5.75 Å². The molecular weight excluding hydrogens is 188 g/mol. The summed E-state index contributed by atoms with van der Waals surface area (Å²) in [4.78, 5) is 17.5. The maximum atomic E-state index is 11.0. The number of aromatic hydroxyl groups is 1. The molecule has 1 unspecified atom stereocenters. The zero-order chi connectivity index (χ0) is 9.26. The largest absolute Gasteiger partial charge is 0.493 e. The van der Waals surface area contributed by atoms with Crippen LogP contribution in [0, 0.1) is 0 Å². The molecule has 4 nitrogen and oxygen atoms in total. The van der Waals surface area contributed by atoms with E-state index in [1.165, 1.54) is 0 Å². The molecule has 2 heterocycles. The van der Waals surface area contributed by atoms with E-state index in [-0.39, 0.29) is 16.7 Å². The zero-order valence-electron chi connectivity index (χ0n) is 6.99. The smallest absolute Gasteiger partial charge is 0.254 e. The van der Waals surface area contributed by atoms with Crippen molar-refractivity contribution >= 4 is 11.8 Å². The van der Waals surface area contributed by atoms with E-state index in [1.54, 1.807) is 11.8 Å². The number of aromatic amines is 1. The lowest BCUT2D eigenvalue weighted by atomic mass is 10.2. The molecule has 0 aliphatic carbocycles. The maximum absolute atomic E-state index is 11.0. The molecule has 1 fully saturated rings. The van der Waals surface area contributed by atoms with Crippen molar-refractivity contribution in [1.82, 2.24) is 9.97 Å². The monoisotopic (exact) mass is 198 g/mol. The molecule has 0 bridgehead atoms. The minimum absolute atomic E-state index is 0.189. The summed E-state index contributed by atoms with van der Waals surface area (Å²) in [7, 11) is 0. The highest BCUT2D eigenvalue weighted by atomic mass is 32.2. The summed E-state index contributed by atoms with van der Waals surface area (Å²) >= 11 is 1.77. The summed E-state index contributed by atoms with van der Waals surface area (Å²) < 4.78 is 0. The summed E-state index contributed by atoms with van der Waals surface area (Å²) in [6.07, 6.45) is 2.17. The summed E-state index contributed by atoms with van der Waals surface area (Å²) in [6.45, 7) is 0. The number of rotatable bonds is 1. The Balaban J connectivity index is 2.33. The van der Waals surface area contributed by atoms with Gasteiger partial charge in [-0.15, -0.1) is 0 Å². The van der Waals surface area contributed by atoms with Gasteiger partial charge in [0.1, 0.15) is 5.82 Å². The van der Waals surface area contributed by atoms with Crippen LogP contribution in [-0.2, 0) is 0 Å². The van der Waals surface area contributed by atoms with Crippen LogP contribution in [0.4, 0.5) is 0 Å². The van der Waals surface area contributed by atoms with Crippen molar-refractivity contribution in [1.29, 1.82) is 0 Å². The van der Waals surface area contributed by atoms with Crippen LogP contribution in [0.3, 0.4) is 0 Å². The SMILES string of the molecule is O=c1cc(O)nc(C2CCCS2)[nH]1. The Morgan fingerprint density at radius 2 is 2.54 bits per heavy atom. The Labute approximate surface area is 79.4 Å². The van der Waals surface area contributed by atoms with E-state index in [1.807, 2.05) is 0 Å². The number of H-pyrrole nitrogens is 1. The quantitative estimate of drug-likeness (QED) is 0.707. The molecule has 0 radical (unpaired) electrons. The highest BCUT2D eigenvalue weighted by molar-refractivity contribution is 7.99. The highest BCUT2D eigenvalue weighted by Gasteiger charge is 2.20. The van der Waals surface area contributed by atoms with Gasteiger partial charge >= 0.3 is 0 Å². The molecule has 1 atom stereocenters. The van der Waals surface area contributed by atoms with Crippen molar-refractivity contribution in [3.8, 4) is 5.88 Å². The lowest BCUT2D eigenvalue weighted by Crippen LogP contribution is -2.10. The number of nitrogens with zero attached hydrogens (tertiary/aromatic N) is 1. The molecule has 1 aliphatic heterocycles. The molecule has 0 aromatic carbocycles. The van der Waals surface area contributed by atoms with Crippen molar-refractivity contribution in [3.05, 3.63) is 22.2 Å². The predicted molar refractivity (Wildman–Crippen MR) is 51.0 cm³/mol. The highest BCUT2D eigenvalue weighted by Crippen LogP contribution is 2.37. The number of hydrogen-bond acceptors (Lipinski definition) is 4. The second-order valence-electron chi connectivity index (χ2n) is 2.99. The molecule has 1 aromatic rings. The van der Waals surface area contributed by atoms with Crippen molar-refractivity contribution in [2.24, 2.45) is 0 Å². The topological polar surface area (TPSA) is 66.0 Å². The molecule has 70 valence electrons. The Bertz CT molecular complexity index is 357. The molecule has 1 saturated heterocycles. The van der Waals surface area contributed by atoms with Gasteiger partial charge in [-0.05, 0) is 18.6 Å². The standard InChI is InChI=1S/C8H10N2O2S/c11-6-4-7(12)10-8(9-6)5-2-1-3-13-5/h4-5H,1-3H2,(H2,9,10,11,12). The van der Waals surface area contributed by atoms with Gasteiger partial charge in [0.05, 0.1) is 11.3 Å². The summed E-state index contributed by atoms with van der Waals surface area (Å²) in [5.41, 5.74) is -0.282. The molecule has 2 rings (SSSR count). The van der Waals surface area contributed by atoms with Gasteiger partial charge in [-0.2, -0.15) is 16.7 Å². The number of nitrogens with one attached hydrogen (secondary N) is 1. The van der Waals surface area contributed by atoms with Crippen molar-refractivity contribution in [2.45, 2.75) is 18.1 Å². The molecule has 13 heavy (non-hydrogen) atoms. The molecule has 1 aliphatic rings. The van der Waals surface area contributed by atoms with Crippen LogP contribution in [0.25, 0.3) is 0 Å². The fourth-order valence-electron chi connectivity index (χ4n) is 1.41. The maximum Gasteiger partial charge on any atom is 0.254 e. The fraction of sp³-hybridized carbons (Fsp3) is 0.500. The van der Waals surface area contributed by atoms with Crippen LogP contribution in [0.5, 0.6) is 5.88 Å². The molecule has 5 heteroatoms. The van der Waals surface area contributed by atoms with Gasteiger partial charge in [-0.25, -0.2) is 0 Å². The summed E-state index contributed by atoms with van der Waals surface area (Å²) in [5.74, 6) is 1.52. The number of aromatic nitrogens is 2. The van der Waals surface area contributed by atoms with Gasteiger partial charge in [-0.3, -0.25) is 4.79 Å². The van der Waals surface area contributed by atoms with Crippen LogP contribution in [-0.4, -0.2) is 20.8 Å². The van der Waals surface area contributed by atoms with Crippen LogP contribution in [0.2, 0.25) is 0 Å². The van der Waals surface area contributed by atoms with E-state index in [0.717, 1.165) is 24.7 Å². The lowest BCUT2D eigenvalue weighted by Gasteiger charge is -2.06. The van der Waals surface area contributed by atoms with E-state index >= 15 is 0 Å². The molecular formula is C8H10N2O2S. The third kappa shape index (κ3) is 1.85. The first-order valence-corrected chi connectivity index (χ1v) is 5.22. The number of thioether (sulfide) groups is 1. The number of hydrogen-bond donors (Lipinski definition) is 2. The van der Waals surface area contributed by atoms with Crippen LogP contribution < -0.4 is 5.56 Å². The fourth-order valence-corrected chi connectivity index (χ4v) is 2.63. The van der Waals surface area contributed by atoms with Gasteiger partial charge in [0.25, 0.3) is 5.56 Å². The first kappa shape index (κ1) is 8.62.